The lowest BCUT2D eigenvalue weighted by Gasteiger charge is -2.05. The standard InChI is InChI=1S/C12H13BrN2O/c13-7-4-5-14-10(6-7)15-12(16)11-8-2-1-3-9(8)11/h4-6,8-9,11H,1-3H2,(H,14,15,16). The van der Waals surface area contributed by atoms with Crippen molar-refractivity contribution >= 4 is 27.7 Å². The number of halogens is 1. The first kappa shape index (κ1) is 10.3. The van der Waals surface area contributed by atoms with E-state index in [1.54, 1.807) is 6.20 Å². The van der Waals surface area contributed by atoms with E-state index in [2.05, 4.69) is 26.2 Å². The van der Waals surface area contributed by atoms with Crippen molar-refractivity contribution in [2.75, 3.05) is 5.32 Å². The maximum Gasteiger partial charge on any atom is 0.229 e. The molecule has 2 aliphatic carbocycles. The molecule has 2 atom stereocenters. The van der Waals surface area contributed by atoms with Crippen molar-refractivity contribution in [3.8, 4) is 0 Å². The number of nitrogens with one attached hydrogen (secondary N) is 1. The number of hydrogen-bond donors (Lipinski definition) is 1. The van der Waals surface area contributed by atoms with Gasteiger partial charge in [0.2, 0.25) is 5.91 Å². The minimum absolute atomic E-state index is 0.153. The molecule has 0 spiro atoms. The fourth-order valence-corrected chi connectivity index (χ4v) is 3.23. The second-order valence-electron chi connectivity index (χ2n) is 4.63. The van der Waals surface area contributed by atoms with E-state index in [9.17, 15) is 4.79 Å². The number of carbonyl (C=O) groups is 1. The third-order valence-electron chi connectivity index (χ3n) is 3.68. The number of amides is 1. The van der Waals surface area contributed by atoms with Crippen molar-refractivity contribution in [3.05, 3.63) is 22.8 Å². The summed E-state index contributed by atoms with van der Waals surface area (Å²) in [5.41, 5.74) is 0. The highest BCUT2D eigenvalue weighted by molar-refractivity contribution is 9.10. The highest BCUT2D eigenvalue weighted by Gasteiger charge is 2.56. The predicted octanol–water partition coefficient (Wildman–Crippen LogP) is 2.83. The molecular weight excluding hydrogens is 268 g/mol. The van der Waals surface area contributed by atoms with Gasteiger partial charge in [-0.25, -0.2) is 4.98 Å². The number of fused-ring (bicyclic) bond motifs is 1. The number of rotatable bonds is 2. The van der Waals surface area contributed by atoms with Crippen LogP contribution in [0.25, 0.3) is 0 Å². The van der Waals surface area contributed by atoms with Crippen LogP contribution in [-0.2, 0) is 4.79 Å². The molecule has 1 heterocycles. The van der Waals surface area contributed by atoms with Crippen molar-refractivity contribution in [2.24, 2.45) is 17.8 Å². The first-order valence-corrected chi connectivity index (χ1v) is 6.47. The topological polar surface area (TPSA) is 42.0 Å². The average molecular weight is 281 g/mol. The SMILES string of the molecule is O=C(Nc1cc(Br)ccn1)C1C2CCCC21. The number of carbonyl (C=O) groups excluding carboxylic acids is 1. The molecule has 2 fully saturated rings. The van der Waals surface area contributed by atoms with Crippen LogP contribution in [0.4, 0.5) is 5.82 Å². The Balaban J connectivity index is 1.65. The molecular formula is C12H13BrN2O. The lowest BCUT2D eigenvalue weighted by molar-refractivity contribution is -0.118. The molecule has 0 saturated heterocycles. The Labute approximate surface area is 103 Å². The first-order chi connectivity index (χ1) is 7.75. The van der Waals surface area contributed by atoms with Crippen LogP contribution in [0.5, 0.6) is 0 Å². The molecule has 2 aliphatic rings. The number of pyridine rings is 1. The molecule has 1 aromatic heterocycles. The molecule has 0 aromatic carbocycles. The second kappa shape index (κ2) is 3.84. The van der Waals surface area contributed by atoms with Crippen molar-refractivity contribution in [3.63, 3.8) is 0 Å². The molecule has 2 unspecified atom stereocenters. The summed E-state index contributed by atoms with van der Waals surface area (Å²) in [4.78, 5) is 16.1. The molecule has 0 radical (unpaired) electrons. The molecule has 2 saturated carbocycles. The largest absolute Gasteiger partial charge is 0.310 e. The van der Waals surface area contributed by atoms with E-state index in [1.807, 2.05) is 12.1 Å². The molecule has 0 bridgehead atoms. The van der Waals surface area contributed by atoms with Crippen molar-refractivity contribution in [2.45, 2.75) is 19.3 Å². The average Bonchev–Trinajstić information content (AvgIpc) is 2.73. The Kier molecular flexibility index (Phi) is 2.46. The Morgan fingerprint density at radius 2 is 2.19 bits per heavy atom. The zero-order chi connectivity index (χ0) is 11.1. The Morgan fingerprint density at radius 1 is 1.44 bits per heavy atom. The van der Waals surface area contributed by atoms with Gasteiger partial charge in [0.15, 0.2) is 0 Å². The summed E-state index contributed by atoms with van der Waals surface area (Å²) in [5.74, 6) is 2.37. The van der Waals surface area contributed by atoms with Gasteiger partial charge in [0.05, 0.1) is 0 Å². The van der Waals surface area contributed by atoms with E-state index in [1.165, 1.54) is 19.3 Å². The Morgan fingerprint density at radius 3 is 2.88 bits per heavy atom. The molecule has 1 amide bonds. The highest BCUT2D eigenvalue weighted by Crippen LogP contribution is 2.57. The fourth-order valence-electron chi connectivity index (χ4n) is 2.89. The normalized spacial score (nSPS) is 30.9. The van der Waals surface area contributed by atoms with Gasteiger partial charge in [0.1, 0.15) is 5.82 Å². The molecule has 0 aliphatic heterocycles. The highest BCUT2D eigenvalue weighted by atomic mass is 79.9. The first-order valence-electron chi connectivity index (χ1n) is 5.68. The molecule has 1 aromatic rings. The Bertz CT molecular complexity index is 425. The number of hydrogen-bond acceptors (Lipinski definition) is 2. The lowest BCUT2D eigenvalue weighted by Crippen LogP contribution is -2.17. The van der Waals surface area contributed by atoms with Crippen LogP contribution >= 0.6 is 15.9 Å². The third kappa shape index (κ3) is 1.75. The van der Waals surface area contributed by atoms with E-state index in [0.29, 0.717) is 17.7 Å². The predicted molar refractivity (Wildman–Crippen MR) is 64.9 cm³/mol. The molecule has 4 heteroatoms. The van der Waals surface area contributed by atoms with Crippen molar-refractivity contribution in [1.29, 1.82) is 0 Å². The van der Waals surface area contributed by atoms with Gasteiger partial charge in [0, 0.05) is 16.6 Å². The van der Waals surface area contributed by atoms with Crippen LogP contribution < -0.4 is 5.32 Å². The van der Waals surface area contributed by atoms with E-state index in [4.69, 9.17) is 0 Å². The summed E-state index contributed by atoms with van der Waals surface area (Å²) < 4.78 is 0.939. The van der Waals surface area contributed by atoms with Gasteiger partial charge in [-0.15, -0.1) is 0 Å². The minimum Gasteiger partial charge on any atom is -0.310 e. The minimum atomic E-state index is 0.153. The van der Waals surface area contributed by atoms with Gasteiger partial charge < -0.3 is 5.32 Å². The molecule has 3 rings (SSSR count). The van der Waals surface area contributed by atoms with Crippen molar-refractivity contribution in [1.82, 2.24) is 4.98 Å². The third-order valence-corrected chi connectivity index (χ3v) is 4.18. The van der Waals surface area contributed by atoms with Gasteiger partial charge in [-0.1, -0.05) is 22.4 Å². The van der Waals surface area contributed by atoms with E-state index < -0.39 is 0 Å². The quantitative estimate of drug-likeness (QED) is 0.905. The van der Waals surface area contributed by atoms with Crippen LogP contribution in [0.1, 0.15) is 19.3 Å². The van der Waals surface area contributed by atoms with Crippen LogP contribution in [-0.4, -0.2) is 10.9 Å². The van der Waals surface area contributed by atoms with Crippen LogP contribution in [0, 0.1) is 17.8 Å². The zero-order valence-electron chi connectivity index (χ0n) is 8.82. The van der Waals surface area contributed by atoms with Crippen molar-refractivity contribution < 1.29 is 4.79 Å². The maximum atomic E-state index is 11.9. The summed E-state index contributed by atoms with van der Waals surface area (Å²) in [6.45, 7) is 0. The van der Waals surface area contributed by atoms with Crippen LogP contribution in [0.15, 0.2) is 22.8 Å². The lowest BCUT2D eigenvalue weighted by atomic mass is 10.1. The van der Waals surface area contributed by atoms with Gasteiger partial charge in [-0.05, 0) is 36.8 Å². The maximum absolute atomic E-state index is 11.9. The monoisotopic (exact) mass is 280 g/mol. The number of aromatic nitrogens is 1. The number of anilines is 1. The summed E-state index contributed by atoms with van der Waals surface area (Å²) in [5, 5.41) is 2.89. The van der Waals surface area contributed by atoms with Gasteiger partial charge in [-0.3, -0.25) is 4.79 Å². The van der Waals surface area contributed by atoms with Gasteiger partial charge in [-0.2, -0.15) is 0 Å². The van der Waals surface area contributed by atoms with Crippen LogP contribution in [0.2, 0.25) is 0 Å². The summed E-state index contributed by atoms with van der Waals surface area (Å²) >= 11 is 3.36. The van der Waals surface area contributed by atoms with Gasteiger partial charge in [0.25, 0.3) is 0 Å². The van der Waals surface area contributed by atoms with E-state index >= 15 is 0 Å². The molecule has 3 nitrogen and oxygen atoms in total. The Hall–Kier alpha value is -0.900. The van der Waals surface area contributed by atoms with E-state index in [0.717, 1.165) is 4.47 Å². The molecule has 16 heavy (non-hydrogen) atoms. The second-order valence-corrected chi connectivity index (χ2v) is 5.55. The molecule has 1 N–H and O–H groups in total. The molecule has 84 valence electrons. The van der Waals surface area contributed by atoms with Gasteiger partial charge >= 0.3 is 0 Å². The fraction of sp³-hybridized carbons (Fsp3) is 0.500. The smallest absolute Gasteiger partial charge is 0.229 e. The summed E-state index contributed by atoms with van der Waals surface area (Å²) in [6, 6.07) is 3.68. The summed E-state index contributed by atoms with van der Waals surface area (Å²) in [7, 11) is 0. The number of nitrogens with zero attached hydrogens (tertiary/aromatic N) is 1. The summed E-state index contributed by atoms with van der Waals surface area (Å²) in [6.07, 6.45) is 5.45. The zero-order valence-corrected chi connectivity index (χ0v) is 10.4. The van der Waals surface area contributed by atoms with E-state index in [-0.39, 0.29) is 11.8 Å². The van der Waals surface area contributed by atoms with Crippen LogP contribution in [0.3, 0.4) is 0 Å².